The largest absolute Gasteiger partial charge is 0.326 e. The summed E-state index contributed by atoms with van der Waals surface area (Å²) in [6.45, 7) is 3.66. The van der Waals surface area contributed by atoms with E-state index in [1.165, 1.54) is 6.07 Å². The number of carbonyl (C=O) groups is 1. The van der Waals surface area contributed by atoms with Crippen molar-refractivity contribution in [1.82, 2.24) is 4.72 Å². The predicted molar refractivity (Wildman–Crippen MR) is 88.7 cm³/mol. The predicted octanol–water partition coefficient (Wildman–Crippen LogP) is 1.40. The molecule has 1 aromatic carbocycles. The van der Waals surface area contributed by atoms with Gasteiger partial charge in [0.1, 0.15) is 0 Å². The van der Waals surface area contributed by atoms with E-state index in [-0.39, 0.29) is 29.8 Å². The highest BCUT2D eigenvalue weighted by molar-refractivity contribution is 7.89. The molecule has 1 heterocycles. The Hall–Kier alpha value is -1.15. The number of hydrogen-bond donors (Lipinski definition) is 3. The zero-order valence-corrected chi connectivity index (χ0v) is 14.3. The van der Waals surface area contributed by atoms with Crippen LogP contribution in [0.15, 0.2) is 23.1 Å². The molecule has 0 aliphatic carbocycles. The Kier molecular flexibility index (Phi) is 5.97. The van der Waals surface area contributed by atoms with Crippen molar-refractivity contribution in [3.63, 3.8) is 0 Å². The smallest absolute Gasteiger partial charge is 0.240 e. The van der Waals surface area contributed by atoms with Crippen molar-refractivity contribution in [2.45, 2.75) is 43.5 Å². The van der Waals surface area contributed by atoms with Gasteiger partial charge in [-0.1, -0.05) is 0 Å². The lowest BCUT2D eigenvalue weighted by Crippen LogP contribution is -2.45. The van der Waals surface area contributed by atoms with Crippen LogP contribution in [-0.4, -0.2) is 26.4 Å². The zero-order valence-electron chi connectivity index (χ0n) is 12.7. The molecule has 1 aliphatic heterocycles. The van der Waals surface area contributed by atoms with Crippen LogP contribution in [0.1, 0.15) is 32.3 Å². The molecular weight excluding hydrogens is 326 g/mol. The maximum Gasteiger partial charge on any atom is 0.240 e. The molecule has 1 amide bonds. The molecule has 22 heavy (non-hydrogen) atoms. The molecule has 0 aromatic heterocycles. The number of fused-ring (bicyclic) bond motifs is 1. The number of rotatable bonds is 4. The van der Waals surface area contributed by atoms with Crippen LogP contribution in [0.3, 0.4) is 0 Å². The Morgan fingerprint density at radius 3 is 2.64 bits per heavy atom. The second-order valence-corrected chi connectivity index (χ2v) is 7.80. The van der Waals surface area contributed by atoms with Gasteiger partial charge in [0.2, 0.25) is 15.9 Å². The third kappa shape index (κ3) is 4.95. The number of nitrogens with one attached hydrogen (secondary N) is 2. The van der Waals surface area contributed by atoms with Gasteiger partial charge >= 0.3 is 0 Å². The molecule has 0 fully saturated rings. The molecule has 2 rings (SSSR count). The molecule has 0 bridgehead atoms. The van der Waals surface area contributed by atoms with Gasteiger partial charge in [-0.15, -0.1) is 12.4 Å². The lowest BCUT2D eigenvalue weighted by atomic mass is 10.1. The van der Waals surface area contributed by atoms with Crippen LogP contribution in [-0.2, 0) is 21.2 Å². The van der Waals surface area contributed by atoms with Crippen LogP contribution in [0.2, 0.25) is 0 Å². The minimum absolute atomic E-state index is 0. The minimum Gasteiger partial charge on any atom is -0.326 e. The highest BCUT2D eigenvalue weighted by Gasteiger charge is 2.21. The summed E-state index contributed by atoms with van der Waals surface area (Å²) in [5.74, 6) is -0.0348. The lowest BCUT2D eigenvalue weighted by Gasteiger charge is -2.19. The molecule has 4 N–H and O–H groups in total. The first-order valence-corrected chi connectivity index (χ1v) is 8.37. The third-order valence-electron chi connectivity index (χ3n) is 3.23. The Bertz CT molecular complexity index is 654. The van der Waals surface area contributed by atoms with Crippen LogP contribution < -0.4 is 15.8 Å². The molecule has 6 nitrogen and oxygen atoms in total. The van der Waals surface area contributed by atoms with Gasteiger partial charge in [-0.05, 0) is 50.5 Å². The number of halogens is 1. The number of nitrogens with two attached hydrogens (primary N) is 1. The molecule has 0 saturated heterocycles. The fraction of sp³-hybridized carbons (Fsp3) is 0.500. The summed E-state index contributed by atoms with van der Waals surface area (Å²) >= 11 is 0. The van der Waals surface area contributed by atoms with Crippen LogP contribution in [0.5, 0.6) is 0 Å². The molecule has 0 radical (unpaired) electrons. The van der Waals surface area contributed by atoms with Gasteiger partial charge < -0.3 is 11.1 Å². The van der Waals surface area contributed by atoms with Crippen molar-refractivity contribution in [3.05, 3.63) is 23.8 Å². The maximum atomic E-state index is 12.3. The van der Waals surface area contributed by atoms with Gasteiger partial charge in [0.25, 0.3) is 0 Å². The normalized spacial score (nSPS) is 15.3. The first-order valence-electron chi connectivity index (χ1n) is 6.89. The second-order valence-electron chi connectivity index (χ2n) is 6.03. The van der Waals surface area contributed by atoms with E-state index in [1.807, 2.05) is 0 Å². The van der Waals surface area contributed by atoms with E-state index in [0.717, 1.165) is 5.56 Å². The topological polar surface area (TPSA) is 101 Å². The second kappa shape index (κ2) is 6.95. The first kappa shape index (κ1) is 18.9. The molecule has 0 saturated carbocycles. The number of aryl methyl sites for hydroxylation is 1. The van der Waals surface area contributed by atoms with Crippen molar-refractivity contribution < 1.29 is 13.2 Å². The monoisotopic (exact) mass is 347 g/mol. The quantitative estimate of drug-likeness (QED) is 0.766. The van der Waals surface area contributed by atoms with Gasteiger partial charge in [-0.2, -0.15) is 0 Å². The van der Waals surface area contributed by atoms with Crippen molar-refractivity contribution in [2.75, 3.05) is 11.9 Å². The third-order valence-corrected chi connectivity index (χ3v) is 4.63. The summed E-state index contributed by atoms with van der Waals surface area (Å²) in [7, 11) is -3.60. The fourth-order valence-electron chi connectivity index (χ4n) is 2.08. The van der Waals surface area contributed by atoms with E-state index < -0.39 is 15.6 Å². The van der Waals surface area contributed by atoms with E-state index in [1.54, 1.807) is 26.0 Å². The number of sulfonamides is 1. The summed E-state index contributed by atoms with van der Waals surface area (Å²) in [5, 5.41) is 2.78. The van der Waals surface area contributed by atoms with Gasteiger partial charge in [-0.25, -0.2) is 13.1 Å². The fourth-order valence-corrected chi connectivity index (χ4v) is 3.36. The average Bonchev–Trinajstić information content (AvgIpc) is 2.55. The number of hydrogen-bond acceptors (Lipinski definition) is 4. The number of benzene rings is 1. The summed E-state index contributed by atoms with van der Waals surface area (Å²) in [6.07, 6.45) is 1.85. The van der Waals surface area contributed by atoms with Crippen molar-refractivity contribution in [2.24, 2.45) is 5.73 Å². The molecule has 1 aliphatic rings. The number of carbonyl (C=O) groups excluding carboxylic acids is 1. The van der Waals surface area contributed by atoms with Crippen LogP contribution in [0, 0.1) is 0 Å². The summed E-state index contributed by atoms with van der Waals surface area (Å²) in [6, 6.07) is 4.75. The molecular formula is C14H22ClN3O3S. The Balaban J connectivity index is 0.00000242. The molecule has 0 atom stereocenters. The molecule has 1 aromatic rings. The first-order chi connectivity index (χ1) is 9.67. The summed E-state index contributed by atoms with van der Waals surface area (Å²) < 4.78 is 27.0. The SMILES string of the molecule is CC(C)(N)CNS(=O)(=O)c1ccc2c(c1)CCCC(=O)N2.Cl. The number of amides is 1. The van der Waals surface area contributed by atoms with Crippen molar-refractivity contribution in [1.29, 1.82) is 0 Å². The van der Waals surface area contributed by atoms with Crippen LogP contribution >= 0.6 is 12.4 Å². The van der Waals surface area contributed by atoms with E-state index in [4.69, 9.17) is 5.73 Å². The Morgan fingerprint density at radius 2 is 2.00 bits per heavy atom. The molecule has 0 unspecified atom stereocenters. The van der Waals surface area contributed by atoms with Crippen molar-refractivity contribution in [3.8, 4) is 0 Å². The van der Waals surface area contributed by atoms with E-state index >= 15 is 0 Å². The lowest BCUT2D eigenvalue weighted by molar-refractivity contribution is -0.116. The average molecular weight is 348 g/mol. The van der Waals surface area contributed by atoms with E-state index in [0.29, 0.717) is 24.9 Å². The van der Waals surface area contributed by atoms with Gasteiger partial charge in [0.15, 0.2) is 0 Å². The van der Waals surface area contributed by atoms with E-state index in [9.17, 15) is 13.2 Å². The van der Waals surface area contributed by atoms with Crippen LogP contribution in [0.25, 0.3) is 0 Å². The minimum atomic E-state index is -3.60. The van der Waals surface area contributed by atoms with Crippen LogP contribution in [0.4, 0.5) is 5.69 Å². The summed E-state index contributed by atoms with van der Waals surface area (Å²) in [5.41, 5.74) is 6.71. The Morgan fingerprint density at radius 1 is 1.32 bits per heavy atom. The number of anilines is 1. The molecule has 124 valence electrons. The van der Waals surface area contributed by atoms with E-state index in [2.05, 4.69) is 10.0 Å². The van der Waals surface area contributed by atoms with Gasteiger partial charge in [0, 0.05) is 24.2 Å². The van der Waals surface area contributed by atoms with Gasteiger partial charge in [-0.3, -0.25) is 4.79 Å². The zero-order chi connectivity index (χ0) is 15.7. The molecule has 0 spiro atoms. The summed E-state index contributed by atoms with van der Waals surface area (Å²) in [4.78, 5) is 11.7. The molecule has 8 heteroatoms. The Labute approximate surface area is 137 Å². The van der Waals surface area contributed by atoms with Crippen molar-refractivity contribution >= 4 is 34.0 Å². The highest BCUT2D eigenvalue weighted by atomic mass is 35.5. The standard InChI is InChI=1S/C14H21N3O3S.ClH/c1-14(2,15)9-16-21(19,20)11-6-7-12-10(8-11)4-3-5-13(18)17-12;/h6-8,16H,3-5,9,15H2,1-2H3,(H,17,18);1H. The highest BCUT2D eigenvalue weighted by Crippen LogP contribution is 2.25. The maximum absolute atomic E-state index is 12.3. The van der Waals surface area contributed by atoms with Gasteiger partial charge in [0.05, 0.1) is 4.90 Å².